The van der Waals surface area contributed by atoms with Crippen molar-refractivity contribution < 1.29 is 24.1 Å². The molecule has 0 saturated carbocycles. The van der Waals surface area contributed by atoms with E-state index in [1.54, 1.807) is 18.0 Å². The van der Waals surface area contributed by atoms with Crippen LogP contribution in [-0.4, -0.2) is 46.1 Å². The Bertz CT molecular complexity index is 351. The van der Waals surface area contributed by atoms with Crippen LogP contribution in [-0.2, 0) is 14.1 Å². The van der Waals surface area contributed by atoms with Gasteiger partial charge < -0.3 is 29.5 Å². The van der Waals surface area contributed by atoms with E-state index in [-0.39, 0.29) is 18.2 Å². The Morgan fingerprint density at radius 3 is 3.17 bits per heavy atom. The van der Waals surface area contributed by atoms with Gasteiger partial charge >= 0.3 is 0 Å². The molecule has 1 saturated heterocycles. The maximum Gasteiger partial charge on any atom is 0.251 e. The topological polar surface area (TPSA) is 91.3 Å². The molecule has 2 rings (SSSR count). The number of hydrogen-bond donors (Lipinski definition) is 3. The van der Waals surface area contributed by atoms with Crippen LogP contribution in [0.4, 0.5) is 0 Å². The lowest BCUT2D eigenvalue weighted by Crippen LogP contribution is -2.53. The largest absolute Gasteiger partial charge is 0.356 e. The summed E-state index contributed by atoms with van der Waals surface area (Å²) in [7, 11) is -0.541. The second kappa shape index (κ2) is 5.95. The summed E-state index contributed by atoms with van der Waals surface area (Å²) in [6, 6.07) is 0. The Hall–Kier alpha value is -0.720. The Kier molecular flexibility index (Phi) is 4.53. The van der Waals surface area contributed by atoms with E-state index < -0.39 is 15.4 Å². The number of hydrogen-bond acceptors (Lipinski definition) is 6. The number of aliphatic hydroxyl groups excluding tert-OH is 1. The summed E-state index contributed by atoms with van der Waals surface area (Å²) < 4.78 is 10.6. The normalized spacial score (nSPS) is 33.1. The Labute approximate surface area is 107 Å². The molecule has 0 aromatic rings. The molecule has 0 aromatic heterocycles. The molecule has 1 amide bonds. The summed E-state index contributed by atoms with van der Waals surface area (Å²) in [6.07, 6.45) is 1.69. The number of aliphatic hydroxyl groups is 1. The lowest BCUT2D eigenvalue weighted by atomic mass is 10.2. The van der Waals surface area contributed by atoms with Crippen molar-refractivity contribution >= 4 is 14.9 Å². The highest BCUT2D eigenvalue weighted by Crippen LogP contribution is 2.26. The van der Waals surface area contributed by atoms with Crippen molar-refractivity contribution in [2.75, 3.05) is 6.61 Å². The summed E-state index contributed by atoms with van der Waals surface area (Å²) in [5, 5.41) is 12.2. The predicted octanol–water partition coefficient (Wildman–Crippen LogP) is -0.380. The molecule has 3 N–H and O–H groups in total. The molecule has 1 fully saturated rings. The minimum Gasteiger partial charge on any atom is -0.356 e. The first kappa shape index (κ1) is 13.7. The van der Waals surface area contributed by atoms with Crippen LogP contribution in [0.1, 0.15) is 19.8 Å². The van der Waals surface area contributed by atoms with Gasteiger partial charge in [0.05, 0.1) is 12.7 Å². The van der Waals surface area contributed by atoms with E-state index in [4.69, 9.17) is 14.2 Å². The number of amides is 1. The van der Waals surface area contributed by atoms with Gasteiger partial charge in [0.2, 0.25) is 6.35 Å². The minimum absolute atomic E-state index is 0.0896. The number of carbonyl (C=O) groups excluding carboxylic acids is 1. The molecule has 2 heterocycles. The lowest BCUT2D eigenvalue weighted by molar-refractivity contribution is -0.141. The summed E-state index contributed by atoms with van der Waals surface area (Å²) in [5.41, 5.74) is 0.528. The van der Waals surface area contributed by atoms with Gasteiger partial charge in [0.15, 0.2) is 9.03 Å². The molecular weight excluding hydrogens is 259 g/mol. The van der Waals surface area contributed by atoms with Gasteiger partial charge in [0.25, 0.3) is 5.91 Å². The number of nitrogens with one attached hydrogen (secondary N) is 1. The van der Waals surface area contributed by atoms with E-state index >= 15 is 0 Å². The molecule has 0 aromatic carbocycles. The van der Waals surface area contributed by atoms with Crippen molar-refractivity contribution in [1.82, 2.24) is 10.2 Å². The lowest BCUT2D eigenvalue weighted by Gasteiger charge is -2.35. The van der Waals surface area contributed by atoms with Crippen molar-refractivity contribution in [3.8, 4) is 0 Å². The third kappa shape index (κ3) is 2.99. The SMILES string of the molecule is CC1=CN(C2CCC(COPO)O2)C(O)NC1=O. The molecule has 102 valence electrons. The fraction of sp³-hybridized carbons (Fsp3) is 0.700. The molecule has 4 atom stereocenters. The molecule has 0 bridgehead atoms. The van der Waals surface area contributed by atoms with Gasteiger partial charge in [0.1, 0.15) is 6.23 Å². The van der Waals surface area contributed by atoms with E-state index in [2.05, 4.69) is 5.32 Å². The smallest absolute Gasteiger partial charge is 0.251 e. The van der Waals surface area contributed by atoms with Crippen molar-refractivity contribution in [1.29, 1.82) is 0 Å². The number of rotatable bonds is 4. The fourth-order valence-corrected chi connectivity index (χ4v) is 2.32. The van der Waals surface area contributed by atoms with Crippen LogP contribution in [0.25, 0.3) is 0 Å². The Balaban J connectivity index is 1.94. The molecule has 18 heavy (non-hydrogen) atoms. The van der Waals surface area contributed by atoms with Gasteiger partial charge in [-0.2, -0.15) is 0 Å². The number of ether oxygens (including phenoxy) is 1. The zero-order valence-electron chi connectivity index (χ0n) is 10.00. The summed E-state index contributed by atoms with van der Waals surface area (Å²) >= 11 is 0. The van der Waals surface area contributed by atoms with Crippen LogP contribution in [0.3, 0.4) is 0 Å². The second-order valence-corrected chi connectivity index (χ2v) is 4.77. The molecular formula is C10H17N2O5P. The summed E-state index contributed by atoms with van der Waals surface area (Å²) in [6.45, 7) is 2.01. The van der Waals surface area contributed by atoms with Gasteiger partial charge in [0, 0.05) is 11.8 Å². The molecule has 4 unspecified atom stereocenters. The van der Waals surface area contributed by atoms with Crippen LogP contribution in [0.5, 0.6) is 0 Å². The maximum atomic E-state index is 11.3. The molecule has 7 nitrogen and oxygen atoms in total. The predicted molar refractivity (Wildman–Crippen MR) is 64.1 cm³/mol. The molecule has 0 spiro atoms. The average molecular weight is 276 g/mol. The van der Waals surface area contributed by atoms with Crippen molar-refractivity contribution in [3.63, 3.8) is 0 Å². The zero-order valence-corrected chi connectivity index (χ0v) is 11.0. The van der Waals surface area contributed by atoms with E-state index in [1.165, 1.54) is 0 Å². The first-order valence-corrected chi connectivity index (χ1v) is 6.58. The average Bonchev–Trinajstić information content (AvgIpc) is 2.79. The third-order valence-electron chi connectivity index (χ3n) is 2.99. The Morgan fingerprint density at radius 2 is 2.44 bits per heavy atom. The second-order valence-electron chi connectivity index (χ2n) is 4.30. The highest BCUT2D eigenvalue weighted by atomic mass is 31.1. The van der Waals surface area contributed by atoms with Gasteiger partial charge in [-0.25, -0.2) is 0 Å². The highest BCUT2D eigenvalue weighted by Gasteiger charge is 2.34. The number of nitrogens with zero attached hydrogens (tertiary/aromatic N) is 1. The highest BCUT2D eigenvalue weighted by molar-refractivity contribution is 7.24. The van der Waals surface area contributed by atoms with Crippen LogP contribution in [0.15, 0.2) is 11.8 Å². The van der Waals surface area contributed by atoms with Gasteiger partial charge in [-0.1, -0.05) is 0 Å². The summed E-state index contributed by atoms with van der Waals surface area (Å²) in [4.78, 5) is 21.5. The molecule has 0 radical (unpaired) electrons. The van der Waals surface area contributed by atoms with Gasteiger partial charge in [-0.05, 0) is 19.8 Å². The number of carbonyl (C=O) groups is 1. The van der Waals surface area contributed by atoms with E-state index in [1.807, 2.05) is 0 Å². The van der Waals surface area contributed by atoms with Crippen LogP contribution in [0, 0.1) is 0 Å². The first-order chi connectivity index (χ1) is 8.61. The van der Waals surface area contributed by atoms with Crippen molar-refractivity contribution in [2.24, 2.45) is 0 Å². The van der Waals surface area contributed by atoms with Crippen molar-refractivity contribution in [3.05, 3.63) is 11.8 Å². The molecule has 8 heteroatoms. The molecule has 0 aliphatic carbocycles. The standard InChI is InChI=1S/C10H17N2O5P/c1-6-4-12(10(14)11-9(6)13)8-3-2-7(17-8)5-16-18-15/h4,7-8,10,14-15,18H,2-3,5H2,1H3,(H,11,13). The summed E-state index contributed by atoms with van der Waals surface area (Å²) in [5.74, 6) is -0.280. The molecule has 2 aliphatic heterocycles. The maximum absolute atomic E-state index is 11.3. The van der Waals surface area contributed by atoms with Crippen LogP contribution >= 0.6 is 9.03 Å². The fourth-order valence-electron chi connectivity index (χ4n) is 2.06. The van der Waals surface area contributed by atoms with Crippen LogP contribution in [0.2, 0.25) is 0 Å². The van der Waals surface area contributed by atoms with Gasteiger partial charge in [-0.3, -0.25) is 4.79 Å². The Morgan fingerprint density at radius 1 is 1.67 bits per heavy atom. The quantitative estimate of drug-likeness (QED) is 0.606. The van der Waals surface area contributed by atoms with Crippen molar-refractivity contribution in [2.45, 2.75) is 38.4 Å². The van der Waals surface area contributed by atoms with E-state index in [0.717, 1.165) is 12.8 Å². The monoisotopic (exact) mass is 276 g/mol. The van der Waals surface area contributed by atoms with Crippen LogP contribution < -0.4 is 5.32 Å². The first-order valence-electron chi connectivity index (χ1n) is 5.73. The minimum atomic E-state index is -1.06. The van der Waals surface area contributed by atoms with E-state index in [0.29, 0.717) is 12.2 Å². The van der Waals surface area contributed by atoms with E-state index in [9.17, 15) is 9.90 Å². The van der Waals surface area contributed by atoms with Gasteiger partial charge in [-0.15, -0.1) is 0 Å². The molecule has 2 aliphatic rings. The zero-order chi connectivity index (χ0) is 13.1. The third-order valence-corrected chi connectivity index (χ3v) is 3.29.